The van der Waals surface area contributed by atoms with Crippen molar-refractivity contribution >= 4 is 34.8 Å². The molecule has 1 aliphatic heterocycles. The molecule has 1 aromatic rings. The summed E-state index contributed by atoms with van der Waals surface area (Å²) >= 11 is 12.1. The van der Waals surface area contributed by atoms with E-state index < -0.39 is 0 Å². The van der Waals surface area contributed by atoms with Gasteiger partial charge in [-0.1, -0.05) is 37.0 Å². The van der Waals surface area contributed by atoms with Crippen LogP contribution in [0.3, 0.4) is 0 Å². The van der Waals surface area contributed by atoms with Crippen LogP contribution in [0.5, 0.6) is 0 Å². The van der Waals surface area contributed by atoms with Crippen LogP contribution >= 0.6 is 23.2 Å². The van der Waals surface area contributed by atoms with Crippen LogP contribution in [-0.2, 0) is 0 Å². The number of likely N-dealkylation sites (N-methyl/N-ethyl adjacent to an activating group) is 1. The molecule has 6 heteroatoms. The van der Waals surface area contributed by atoms with Gasteiger partial charge in [-0.2, -0.15) is 0 Å². The van der Waals surface area contributed by atoms with Gasteiger partial charge in [-0.15, -0.1) is 0 Å². The Morgan fingerprint density at radius 1 is 1.37 bits per heavy atom. The predicted octanol–water partition coefficient (Wildman–Crippen LogP) is 2.89. The summed E-state index contributed by atoms with van der Waals surface area (Å²) in [4.78, 5) is 8.98. The lowest BCUT2D eigenvalue weighted by Gasteiger charge is -2.26. The van der Waals surface area contributed by atoms with Crippen LogP contribution in [0.4, 0.5) is 11.6 Å². The molecule has 1 unspecified atom stereocenters. The Labute approximate surface area is 124 Å². The first-order chi connectivity index (χ1) is 9.06. The summed E-state index contributed by atoms with van der Waals surface area (Å²) in [5, 5.41) is 0.979. The van der Waals surface area contributed by atoms with Gasteiger partial charge in [0.05, 0.1) is 10.0 Å². The molecule has 1 aliphatic rings. The van der Waals surface area contributed by atoms with Gasteiger partial charge in [-0.05, 0) is 25.6 Å². The number of hydrogen-bond donors (Lipinski definition) is 1. The van der Waals surface area contributed by atoms with Crippen LogP contribution in [-0.4, -0.2) is 42.1 Å². The van der Waals surface area contributed by atoms with Gasteiger partial charge in [-0.3, -0.25) is 4.90 Å². The van der Waals surface area contributed by atoms with E-state index in [-0.39, 0.29) is 0 Å². The number of nitrogen functional groups attached to an aromatic ring is 1. The molecule has 19 heavy (non-hydrogen) atoms. The number of nitrogens with zero attached hydrogens (tertiary/aromatic N) is 3. The average Bonchev–Trinajstić information content (AvgIpc) is 2.85. The first-order valence-corrected chi connectivity index (χ1v) is 7.42. The molecule has 2 rings (SSSR count). The summed E-state index contributed by atoms with van der Waals surface area (Å²) < 4.78 is 0. The zero-order valence-electron chi connectivity index (χ0n) is 11.4. The molecule has 1 saturated heterocycles. The van der Waals surface area contributed by atoms with Gasteiger partial charge in [-0.25, -0.2) is 4.98 Å². The highest BCUT2D eigenvalue weighted by Gasteiger charge is 2.28. The van der Waals surface area contributed by atoms with Gasteiger partial charge in [0.25, 0.3) is 0 Å². The Morgan fingerprint density at radius 3 is 2.68 bits per heavy atom. The summed E-state index contributed by atoms with van der Waals surface area (Å²) in [6.07, 6.45) is 1.13. The molecule has 0 aliphatic carbocycles. The predicted molar refractivity (Wildman–Crippen MR) is 82.2 cm³/mol. The van der Waals surface area contributed by atoms with E-state index >= 15 is 0 Å². The van der Waals surface area contributed by atoms with E-state index in [1.807, 2.05) is 0 Å². The van der Waals surface area contributed by atoms with Crippen molar-refractivity contribution in [2.24, 2.45) is 0 Å². The van der Waals surface area contributed by atoms with Gasteiger partial charge < -0.3 is 10.6 Å². The van der Waals surface area contributed by atoms with Gasteiger partial charge in [0.15, 0.2) is 0 Å². The molecule has 0 aromatic carbocycles. The molecule has 4 nitrogen and oxygen atoms in total. The third-order valence-electron chi connectivity index (χ3n) is 3.73. The second kappa shape index (κ2) is 6.16. The molecular weight excluding hydrogens is 283 g/mol. The van der Waals surface area contributed by atoms with Crippen molar-refractivity contribution in [3.63, 3.8) is 0 Å². The van der Waals surface area contributed by atoms with Crippen molar-refractivity contribution < 1.29 is 0 Å². The monoisotopic (exact) mass is 302 g/mol. The fourth-order valence-electron chi connectivity index (χ4n) is 2.66. The maximum Gasteiger partial charge on any atom is 0.149 e. The summed E-state index contributed by atoms with van der Waals surface area (Å²) in [7, 11) is 0. The number of nitrogens with two attached hydrogens (primary N) is 1. The third kappa shape index (κ3) is 3.07. The van der Waals surface area contributed by atoms with E-state index in [1.54, 1.807) is 6.07 Å². The van der Waals surface area contributed by atoms with E-state index in [1.165, 1.54) is 0 Å². The molecule has 0 radical (unpaired) electrons. The lowest BCUT2D eigenvalue weighted by molar-refractivity contribution is 0.232. The number of anilines is 2. The number of aromatic nitrogens is 1. The molecule has 106 valence electrons. The molecule has 2 heterocycles. The fraction of sp³-hybridized carbons (Fsp3) is 0.615. The standard InChI is InChI=1S/C13H20Cl2N4/c1-3-18(4-2)9-5-6-19(8-9)13-11(15)7-10(14)12(16)17-13/h7,9H,3-6,8H2,1-2H3,(H2,16,17). The van der Waals surface area contributed by atoms with Crippen molar-refractivity contribution in [1.82, 2.24) is 9.88 Å². The summed E-state index contributed by atoms with van der Waals surface area (Å²) in [5.74, 6) is 1.09. The van der Waals surface area contributed by atoms with Crippen molar-refractivity contribution in [3.05, 3.63) is 16.1 Å². The smallest absolute Gasteiger partial charge is 0.149 e. The average molecular weight is 303 g/mol. The Hall–Kier alpha value is -0.710. The van der Waals surface area contributed by atoms with E-state index in [0.717, 1.165) is 38.4 Å². The van der Waals surface area contributed by atoms with Gasteiger partial charge >= 0.3 is 0 Å². The van der Waals surface area contributed by atoms with Gasteiger partial charge in [0.1, 0.15) is 11.6 Å². The van der Waals surface area contributed by atoms with Crippen LogP contribution in [0.15, 0.2) is 6.07 Å². The minimum Gasteiger partial charge on any atom is -0.382 e. The molecule has 0 saturated carbocycles. The second-order valence-corrected chi connectivity index (χ2v) is 5.58. The normalized spacial score (nSPS) is 19.4. The number of halogens is 2. The molecule has 1 atom stereocenters. The van der Waals surface area contributed by atoms with Crippen molar-refractivity contribution in [2.45, 2.75) is 26.3 Å². The summed E-state index contributed by atoms with van der Waals surface area (Å²) in [5.41, 5.74) is 5.77. The highest BCUT2D eigenvalue weighted by Crippen LogP contribution is 2.32. The van der Waals surface area contributed by atoms with E-state index in [4.69, 9.17) is 28.9 Å². The third-order valence-corrected chi connectivity index (χ3v) is 4.31. The molecule has 0 amide bonds. The first kappa shape index (κ1) is 14.7. The molecular formula is C13H20Cl2N4. The van der Waals surface area contributed by atoms with Gasteiger partial charge in [0.2, 0.25) is 0 Å². The van der Waals surface area contributed by atoms with Crippen LogP contribution in [0.2, 0.25) is 10.0 Å². The molecule has 1 aromatic heterocycles. The Kier molecular flexibility index (Phi) is 4.76. The van der Waals surface area contributed by atoms with Crippen LogP contribution in [0.25, 0.3) is 0 Å². The Morgan fingerprint density at radius 2 is 2.05 bits per heavy atom. The van der Waals surface area contributed by atoms with Crippen molar-refractivity contribution in [2.75, 3.05) is 36.8 Å². The van der Waals surface area contributed by atoms with Crippen LogP contribution in [0, 0.1) is 0 Å². The maximum atomic E-state index is 6.22. The maximum absolute atomic E-state index is 6.22. The minimum absolute atomic E-state index is 0.340. The van der Waals surface area contributed by atoms with E-state index in [9.17, 15) is 0 Å². The van der Waals surface area contributed by atoms with E-state index in [2.05, 4.69) is 28.6 Å². The number of hydrogen-bond acceptors (Lipinski definition) is 4. The van der Waals surface area contributed by atoms with Gasteiger partial charge in [0, 0.05) is 19.1 Å². The first-order valence-electron chi connectivity index (χ1n) is 6.67. The molecule has 2 N–H and O–H groups in total. The molecule has 0 bridgehead atoms. The Balaban J connectivity index is 2.15. The largest absolute Gasteiger partial charge is 0.382 e. The van der Waals surface area contributed by atoms with Crippen LogP contribution < -0.4 is 10.6 Å². The number of rotatable bonds is 4. The zero-order chi connectivity index (χ0) is 14.0. The molecule has 1 fully saturated rings. The zero-order valence-corrected chi connectivity index (χ0v) is 12.9. The summed E-state index contributed by atoms with van der Waals surface area (Å²) in [6.45, 7) is 8.41. The van der Waals surface area contributed by atoms with Crippen LogP contribution in [0.1, 0.15) is 20.3 Å². The van der Waals surface area contributed by atoms with E-state index in [0.29, 0.717) is 21.9 Å². The summed E-state index contributed by atoms with van der Waals surface area (Å²) in [6, 6.07) is 2.23. The number of pyridine rings is 1. The topological polar surface area (TPSA) is 45.4 Å². The SMILES string of the molecule is CCN(CC)C1CCN(c2nc(N)c(Cl)cc2Cl)C1. The molecule has 0 spiro atoms. The lowest BCUT2D eigenvalue weighted by Crippen LogP contribution is -2.37. The Bertz CT molecular complexity index is 449. The lowest BCUT2D eigenvalue weighted by atomic mass is 10.2. The van der Waals surface area contributed by atoms with Crippen molar-refractivity contribution in [3.8, 4) is 0 Å². The quantitative estimate of drug-likeness (QED) is 0.929. The second-order valence-electron chi connectivity index (χ2n) is 4.77. The highest BCUT2D eigenvalue weighted by atomic mass is 35.5. The van der Waals surface area contributed by atoms with Crippen molar-refractivity contribution in [1.29, 1.82) is 0 Å². The minimum atomic E-state index is 0.340. The highest BCUT2D eigenvalue weighted by molar-refractivity contribution is 6.37. The fourth-order valence-corrected chi connectivity index (χ4v) is 3.14.